The van der Waals surface area contributed by atoms with Crippen molar-refractivity contribution in [1.29, 1.82) is 5.41 Å². The highest BCUT2D eigenvalue weighted by Gasteiger charge is 2.29. The first-order chi connectivity index (χ1) is 19.3. The van der Waals surface area contributed by atoms with Gasteiger partial charge < -0.3 is 16.9 Å². The highest BCUT2D eigenvalue weighted by atomic mass is 32.2. The van der Waals surface area contributed by atoms with Crippen molar-refractivity contribution in [3.05, 3.63) is 71.9 Å². The number of piperidine rings is 1. The van der Waals surface area contributed by atoms with Crippen LogP contribution in [0.1, 0.15) is 44.1 Å². The number of primary amides is 1. The molecule has 212 valence electrons. The monoisotopic (exact) mass is 562 g/mol. The van der Waals surface area contributed by atoms with Crippen LogP contribution in [-0.4, -0.2) is 50.0 Å². The van der Waals surface area contributed by atoms with Crippen molar-refractivity contribution in [2.75, 3.05) is 13.1 Å². The minimum absolute atomic E-state index is 0.0338. The van der Waals surface area contributed by atoms with Crippen molar-refractivity contribution in [1.82, 2.24) is 4.31 Å². The van der Waals surface area contributed by atoms with Gasteiger partial charge in [0.15, 0.2) is 0 Å². The van der Waals surface area contributed by atoms with Crippen molar-refractivity contribution in [3.8, 4) is 0 Å². The molecule has 1 saturated heterocycles. The molecule has 0 radical (unpaired) electrons. The van der Waals surface area contributed by atoms with Crippen LogP contribution >= 0.6 is 0 Å². The van der Waals surface area contributed by atoms with Crippen molar-refractivity contribution >= 4 is 39.9 Å². The summed E-state index contributed by atoms with van der Waals surface area (Å²) in [6.45, 7) is 0.975. The van der Waals surface area contributed by atoms with Gasteiger partial charge in [-0.15, -0.1) is 0 Å². The van der Waals surface area contributed by atoms with Crippen molar-refractivity contribution in [3.63, 3.8) is 0 Å². The number of nitrogens with two attached hydrogens (primary N) is 2. The Morgan fingerprint density at radius 3 is 2.23 bits per heavy atom. The maximum atomic E-state index is 13.2. The normalized spacial score (nSPS) is 21.9. The fourth-order valence-electron chi connectivity index (χ4n) is 5.41. The summed E-state index contributed by atoms with van der Waals surface area (Å²) in [6.07, 6.45) is 11.2. The van der Waals surface area contributed by atoms with Gasteiger partial charge in [-0.05, 0) is 74.1 Å². The molecule has 1 amide bonds. The van der Waals surface area contributed by atoms with Gasteiger partial charge in [-0.3, -0.25) is 9.79 Å². The van der Waals surface area contributed by atoms with E-state index in [1.807, 2.05) is 18.2 Å². The van der Waals surface area contributed by atoms with Crippen LogP contribution in [0.25, 0.3) is 0 Å². The van der Waals surface area contributed by atoms with Gasteiger partial charge in [0.1, 0.15) is 5.84 Å². The lowest BCUT2D eigenvalue weighted by Gasteiger charge is -2.31. The van der Waals surface area contributed by atoms with E-state index >= 15 is 0 Å². The van der Waals surface area contributed by atoms with Gasteiger partial charge >= 0.3 is 0 Å². The molecule has 2 aliphatic rings. The molecule has 1 unspecified atom stereocenters. The Kier molecular flexibility index (Phi) is 10.0. The fraction of sp³-hybridized carbons (Fsp3) is 0.400. The maximum Gasteiger partial charge on any atom is 0.254 e. The van der Waals surface area contributed by atoms with E-state index in [1.165, 1.54) is 30.1 Å². The zero-order valence-corrected chi connectivity index (χ0v) is 23.5. The minimum Gasteiger partial charge on any atom is -0.383 e. The average molecular weight is 563 g/mol. The van der Waals surface area contributed by atoms with Gasteiger partial charge in [0.2, 0.25) is 10.0 Å². The van der Waals surface area contributed by atoms with E-state index < -0.39 is 15.9 Å². The first-order valence-electron chi connectivity index (χ1n) is 13.8. The lowest BCUT2D eigenvalue weighted by molar-refractivity contribution is -0.114. The number of hydrogen-bond donors (Lipinski definition) is 3. The molecule has 5 N–H and O–H groups in total. The van der Waals surface area contributed by atoms with Crippen LogP contribution in [0.4, 0.5) is 5.69 Å². The topological polar surface area (TPSA) is 155 Å². The number of sulfonamides is 1. The predicted octanol–water partition coefficient (Wildman–Crippen LogP) is 4.21. The van der Waals surface area contributed by atoms with Gasteiger partial charge in [0, 0.05) is 37.3 Å². The van der Waals surface area contributed by atoms with Gasteiger partial charge in [-0.25, -0.2) is 13.4 Å². The number of hydrogen-bond acceptors (Lipinski definition) is 6. The van der Waals surface area contributed by atoms with Gasteiger partial charge in [0.25, 0.3) is 5.91 Å². The lowest BCUT2D eigenvalue weighted by atomic mass is 9.81. The Morgan fingerprint density at radius 2 is 1.60 bits per heavy atom. The summed E-state index contributed by atoms with van der Waals surface area (Å²) in [7, 11) is -3.63. The third-order valence-electron chi connectivity index (χ3n) is 7.78. The molecule has 1 aliphatic heterocycles. The molecule has 2 aromatic carbocycles. The number of amidine groups is 1. The zero-order chi connectivity index (χ0) is 28.5. The molecule has 1 aliphatic carbocycles. The van der Waals surface area contributed by atoms with E-state index in [2.05, 4.69) is 22.1 Å². The summed E-state index contributed by atoms with van der Waals surface area (Å²) >= 11 is 0. The zero-order valence-electron chi connectivity index (χ0n) is 22.7. The quantitative estimate of drug-likeness (QED) is 0.225. The molecular weight excluding hydrogens is 524 g/mol. The highest BCUT2D eigenvalue weighted by Crippen LogP contribution is 2.28. The molecule has 1 saturated carbocycles. The molecule has 9 nitrogen and oxygen atoms in total. The van der Waals surface area contributed by atoms with Crippen LogP contribution in [0, 0.1) is 23.2 Å². The number of carbonyl (C=O) groups is 1. The third kappa shape index (κ3) is 7.51. The summed E-state index contributed by atoms with van der Waals surface area (Å²) in [5, 5.41) is 7.61. The highest BCUT2D eigenvalue weighted by molar-refractivity contribution is 7.89. The van der Waals surface area contributed by atoms with E-state index in [0.717, 1.165) is 44.9 Å². The molecule has 0 spiro atoms. The summed E-state index contributed by atoms with van der Waals surface area (Å²) in [6, 6.07) is 16.4. The molecule has 2 aromatic rings. The number of amides is 1. The van der Waals surface area contributed by atoms with E-state index in [1.54, 1.807) is 22.7 Å². The fourth-order valence-corrected chi connectivity index (χ4v) is 6.88. The summed E-state index contributed by atoms with van der Waals surface area (Å²) in [4.78, 5) is 20.7. The van der Waals surface area contributed by atoms with E-state index in [4.69, 9.17) is 16.9 Å². The number of rotatable bonds is 10. The van der Waals surface area contributed by atoms with Gasteiger partial charge in [-0.1, -0.05) is 43.2 Å². The van der Waals surface area contributed by atoms with Crippen LogP contribution in [0.15, 0.2) is 81.3 Å². The van der Waals surface area contributed by atoms with Gasteiger partial charge in [0.05, 0.1) is 16.2 Å². The second kappa shape index (κ2) is 13.6. The standard InChI is InChI=1S/C30H38N6O3S/c31-19-24-8-4-5-9-25(24)20-34-21-28(30(33)37)29(32)35-26-10-12-27(13-11-26)40(38,39)36-16-14-23(15-17-36)18-22-6-2-1-3-7-22/h1-3,6-7,10-13,19-21,23-25,31H,4-5,8-9,14-18H2,(H2,32,35)(H2,33,37)/b28-21+,31-19?,34-20?/t24-,25?/m0/s1. The van der Waals surface area contributed by atoms with Crippen molar-refractivity contribution in [2.24, 2.45) is 39.2 Å². The van der Waals surface area contributed by atoms with Crippen LogP contribution in [0.2, 0.25) is 0 Å². The molecule has 0 bridgehead atoms. The van der Waals surface area contributed by atoms with Crippen LogP contribution in [-0.2, 0) is 21.2 Å². The summed E-state index contributed by atoms with van der Waals surface area (Å²) < 4.78 is 28.0. The van der Waals surface area contributed by atoms with E-state index in [0.29, 0.717) is 24.7 Å². The molecular formula is C30H38N6O3S. The largest absolute Gasteiger partial charge is 0.383 e. The molecule has 10 heteroatoms. The summed E-state index contributed by atoms with van der Waals surface area (Å²) in [5.41, 5.74) is 13.2. The Hall–Kier alpha value is -3.63. The lowest BCUT2D eigenvalue weighted by Crippen LogP contribution is -2.38. The third-order valence-corrected chi connectivity index (χ3v) is 9.69. The van der Waals surface area contributed by atoms with Crippen LogP contribution in [0.5, 0.6) is 0 Å². The van der Waals surface area contributed by atoms with E-state index in [-0.39, 0.29) is 28.1 Å². The molecule has 40 heavy (non-hydrogen) atoms. The Labute approximate surface area is 236 Å². The average Bonchev–Trinajstić information content (AvgIpc) is 2.96. The maximum absolute atomic E-state index is 13.2. The van der Waals surface area contributed by atoms with Crippen molar-refractivity contribution in [2.45, 2.75) is 49.8 Å². The van der Waals surface area contributed by atoms with Crippen LogP contribution < -0.4 is 11.5 Å². The predicted molar refractivity (Wildman–Crippen MR) is 159 cm³/mol. The first kappa shape index (κ1) is 29.4. The second-order valence-corrected chi connectivity index (χ2v) is 12.5. The summed E-state index contributed by atoms with van der Waals surface area (Å²) in [5.74, 6) is -0.123. The van der Waals surface area contributed by atoms with Crippen LogP contribution in [0.3, 0.4) is 0 Å². The van der Waals surface area contributed by atoms with E-state index in [9.17, 15) is 13.2 Å². The van der Waals surface area contributed by atoms with Crippen molar-refractivity contribution < 1.29 is 13.2 Å². The second-order valence-electron chi connectivity index (χ2n) is 10.5. The number of benzene rings is 2. The number of nitrogens with one attached hydrogen (secondary N) is 1. The Bertz CT molecular complexity index is 1360. The molecule has 0 aromatic heterocycles. The first-order valence-corrected chi connectivity index (χ1v) is 15.2. The number of aliphatic imine (C=N–C) groups is 2. The molecule has 2 fully saturated rings. The number of carbonyl (C=O) groups excluding carboxylic acids is 1. The minimum atomic E-state index is -3.63. The Morgan fingerprint density at radius 1 is 0.950 bits per heavy atom. The molecule has 4 rings (SSSR count). The SMILES string of the molecule is N=C[C@@H]1CCCCC1C=N/C=C(/C(N)=O)C(N)=Nc1ccc(S(=O)(=O)N2CCC(Cc3ccccc3)CC2)cc1. The molecule has 1 heterocycles. The van der Waals surface area contributed by atoms with Gasteiger partial charge in [-0.2, -0.15) is 4.31 Å². The molecule has 2 atom stereocenters. The number of nitrogens with zero attached hydrogens (tertiary/aromatic N) is 3. The smallest absolute Gasteiger partial charge is 0.254 e. The Balaban J connectivity index is 1.39.